The number of likely N-dealkylation sites (tertiary alicyclic amines) is 1. The van der Waals surface area contributed by atoms with Gasteiger partial charge in [-0.15, -0.1) is 0 Å². The fourth-order valence-electron chi connectivity index (χ4n) is 2.78. The van der Waals surface area contributed by atoms with Gasteiger partial charge in [-0.05, 0) is 33.4 Å². The van der Waals surface area contributed by atoms with E-state index < -0.39 is 11.9 Å². The van der Waals surface area contributed by atoms with E-state index in [4.69, 9.17) is 5.11 Å². The Kier molecular flexibility index (Phi) is 3.12. The number of carbonyl (C=O) groups excluding carboxylic acids is 1. The number of hydrogen-bond donors (Lipinski definition) is 1. The Morgan fingerprint density at radius 3 is 2.53 bits per heavy atom. The molecule has 5 heteroatoms. The second-order valence-electron chi connectivity index (χ2n) is 5.49. The third-order valence-electron chi connectivity index (χ3n) is 4.28. The number of hydrogen-bond acceptors (Lipinski definition) is 3. The summed E-state index contributed by atoms with van der Waals surface area (Å²) in [6, 6.07) is 0. The summed E-state index contributed by atoms with van der Waals surface area (Å²) in [5.74, 6) is -1.37. The lowest BCUT2D eigenvalue weighted by atomic mass is 9.75. The van der Waals surface area contributed by atoms with Crippen molar-refractivity contribution in [1.82, 2.24) is 9.80 Å². The molecule has 5 nitrogen and oxygen atoms in total. The Bertz CT molecular complexity index is 337. The molecule has 0 spiro atoms. The van der Waals surface area contributed by atoms with Crippen LogP contribution in [-0.2, 0) is 9.59 Å². The summed E-state index contributed by atoms with van der Waals surface area (Å²) in [6.07, 6.45) is 3.56. The van der Waals surface area contributed by atoms with Crippen LogP contribution in [0, 0.1) is 5.92 Å². The number of carboxylic acids is 1. The fraction of sp³-hybridized carbons (Fsp3) is 0.833. The van der Waals surface area contributed by atoms with Gasteiger partial charge in [0.1, 0.15) is 0 Å². The standard InChI is InChI=1S/C12H20N2O3/c1-13(2)12(4-3-5-12)8-14-7-9(11(16)17)6-10(14)15/h9H,3-8H2,1-2H3,(H,16,17). The van der Waals surface area contributed by atoms with Crippen LogP contribution in [-0.4, -0.2) is 59.5 Å². The van der Waals surface area contributed by atoms with Crippen LogP contribution in [0.25, 0.3) is 0 Å². The highest BCUT2D eigenvalue weighted by atomic mass is 16.4. The van der Waals surface area contributed by atoms with Crippen LogP contribution in [0.4, 0.5) is 0 Å². The lowest BCUT2D eigenvalue weighted by Gasteiger charge is -2.49. The van der Waals surface area contributed by atoms with E-state index in [-0.39, 0.29) is 17.9 Å². The van der Waals surface area contributed by atoms with E-state index in [1.54, 1.807) is 4.90 Å². The van der Waals surface area contributed by atoms with Crippen molar-refractivity contribution >= 4 is 11.9 Å². The molecule has 1 aliphatic carbocycles. The van der Waals surface area contributed by atoms with E-state index in [2.05, 4.69) is 4.90 Å². The maximum Gasteiger partial charge on any atom is 0.308 e. The summed E-state index contributed by atoms with van der Waals surface area (Å²) < 4.78 is 0. The molecule has 2 rings (SSSR count). The highest BCUT2D eigenvalue weighted by Crippen LogP contribution is 2.38. The Balaban J connectivity index is 2.00. The van der Waals surface area contributed by atoms with Gasteiger partial charge in [0.15, 0.2) is 0 Å². The van der Waals surface area contributed by atoms with Gasteiger partial charge in [0, 0.05) is 25.0 Å². The van der Waals surface area contributed by atoms with Crippen LogP contribution in [0.5, 0.6) is 0 Å². The number of aliphatic carboxylic acids is 1. The Morgan fingerprint density at radius 2 is 2.18 bits per heavy atom. The lowest BCUT2D eigenvalue weighted by Crippen LogP contribution is -2.57. The first-order chi connectivity index (χ1) is 7.94. The molecule has 1 aliphatic heterocycles. The van der Waals surface area contributed by atoms with Crippen molar-refractivity contribution in [2.75, 3.05) is 27.2 Å². The minimum atomic E-state index is -0.853. The highest BCUT2D eigenvalue weighted by molar-refractivity contribution is 5.86. The van der Waals surface area contributed by atoms with Gasteiger partial charge < -0.3 is 14.9 Å². The minimum Gasteiger partial charge on any atom is -0.481 e. The zero-order valence-electron chi connectivity index (χ0n) is 10.5. The van der Waals surface area contributed by atoms with E-state index >= 15 is 0 Å². The molecule has 0 radical (unpaired) electrons. The number of amides is 1. The molecule has 17 heavy (non-hydrogen) atoms. The predicted octanol–water partition coefficient (Wildman–Crippen LogP) is 0.404. The number of nitrogens with zero attached hydrogens (tertiary/aromatic N) is 2. The molecule has 1 amide bonds. The molecule has 0 aromatic rings. The first kappa shape index (κ1) is 12.4. The number of carbonyl (C=O) groups is 2. The molecule has 0 aromatic heterocycles. The third-order valence-corrected chi connectivity index (χ3v) is 4.28. The third kappa shape index (κ3) is 2.16. The topological polar surface area (TPSA) is 60.9 Å². The van der Waals surface area contributed by atoms with Gasteiger partial charge in [0.25, 0.3) is 0 Å². The molecule has 1 unspecified atom stereocenters. The molecule has 1 heterocycles. The normalized spacial score (nSPS) is 27.4. The maximum atomic E-state index is 11.8. The molecule has 1 saturated heterocycles. The quantitative estimate of drug-likeness (QED) is 0.773. The predicted molar refractivity (Wildman–Crippen MR) is 62.6 cm³/mol. The Morgan fingerprint density at radius 1 is 1.53 bits per heavy atom. The van der Waals surface area contributed by atoms with E-state index in [0.29, 0.717) is 13.1 Å². The minimum absolute atomic E-state index is 0.00877. The van der Waals surface area contributed by atoms with Crippen molar-refractivity contribution in [2.24, 2.45) is 5.92 Å². The second-order valence-corrected chi connectivity index (χ2v) is 5.49. The van der Waals surface area contributed by atoms with Crippen molar-refractivity contribution < 1.29 is 14.7 Å². The zero-order chi connectivity index (χ0) is 12.6. The fourth-order valence-corrected chi connectivity index (χ4v) is 2.78. The summed E-state index contributed by atoms with van der Waals surface area (Å²) in [5.41, 5.74) is 0.0864. The molecule has 96 valence electrons. The van der Waals surface area contributed by atoms with Crippen molar-refractivity contribution in [3.8, 4) is 0 Å². The summed E-state index contributed by atoms with van der Waals surface area (Å²) >= 11 is 0. The van der Waals surface area contributed by atoms with Crippen LogP contribution >= 0.6 is 0 Å². The maximum absolute atomic E-state index is 11.8. The molecule has 1 N–H and O–H groups in total. The highest BCUT2D eigenvalue weighted by Gasteiger charge is 2.44. The van der Waals surface area contributed by atoms with Gasteiger partial charge in [-0.3, -0.25) is 9.59 Å². The first-order valence-electron chi connectivity index (χ1n) is 6.13. The van der Waals surface area contributed by atoms with E-state index in [9.17, 15) is 9.59 Å². The summed E-state index contributed by atoms with van der Waals surface area (Å²) in [7, 11) is 4.07. The smallest absolute Gasteiger partial charge is 0.308 e. The molecule has 1 saturated carbocycles. The largest absolute Gasteiger partial charge is 0.481 e. The summed E-state index contributed by atoms with van der Waals surface area (Å²) in [5, 5.41) is 8.94. The Labute approximate surface area is 101 Å². The van der Waals surface area contributed by atoms with Crippen LogP contribution < -0.4 is 0 Å². The second kappa shape index (κ2) is 4.29. The molecule has 2 aliphatic rings. The van der Waals surface area contributed by atoms with E-state index in [1.807, 2.05) is 14.1 Å². The van der Waals surface area contributed by atoms with Gasteiger partial charge in [0.2, 0.25) is 5.91 Å². The van der Waals surface area contributed by atoms with Crippen LogP contribution in [0.2, 0.25) is 0 Å². The zero-order valence-corrected chi connectivity index (χ0v) is 10.5. The molecule has 2 fully saturated rings. The Hall–Kier alpha value is -1.10. The van der Waals surface area contributed by atoms with Crippen LogP contribution in [0.15, 0.2) is 0 Å². The first-order valence-corrected chi connectivity index (χ1v) is 6.13. The van der Waals surface area contributed by atoms with Gasteiger partial charge >= 0.3 is 5.97 Å². The molecule has 0 bridgehead atoms. The SMILES string of the molecule is CN(C)C1(CN2CC(C(=O)O)CC2=O)CCC1. The number of likely N-dealkylation sites (N-methyl/N-ethyl adjacent to an activating group) is 1. The van der Waals surface area contributed by atoms with Crippen LogP contribution in [0.1, 0.15) is 25.7 Å². The number of rotatable bonds is 4. The van der Waals surface area contributed by atoms with Gasteiger partial charge in [-0.2, -0.15) is 0 Å². The monoisotopic (exact) mass is 240 g/mol. The van der Waals surface area contributed by atoms with Gasteiger partial charge in [-0.25, -0.2) is 0 Å². The van der Waals surface area contributed by atoms with E-state index in [1.165, 1.54) is 6.42 Å². The molecular weight excluding hydrogens is 220 g/mol. The summed E-state index contributed by atoms with van der Waals surface area (Å²) in [6.45, 7) is 1.06. The average molecular weight is 240 g/mol. The number of carboxylic acid groups (broad SMARTS) is 1. The van der Waals surface area contributed by atoms with Crippen molar-refractivity contribution in [2.45, 2.75) is 31.2 Å². The van der Waals surface area contributed by atoms with Crippen molar-refractivity contribution in [1.29, 1.82) is 0 Å². The van der Waals surface area contributed by atoms with Crippen molar-refractivity contribution in [3.63, 3.8) is 0 Å². The van der Waals surface area contributed by atoms with Gasteiger partial charge in [0.05, 0.1) is 5.92 Å². The lowest BCUT2D eigenvalue weighted by molar-refractivity contribution is -0.141. The van der Waals surface area contributed by atoms with Gasteiger partial charge in [-0.1, -0.05) is 0 Å². The summed E-state index contributed by atoms with van der Waals surface area (Å²) in [4.78, 5) is 26.6. The molecule has 0 aromatic carbocycles. The molecule has 1 atom stereocenters. The van der Waals surface area contributed by atoms with Crippen LogP contribution in [0.3, 0.4) is 0 Å². The van der Waals surface area contributed by atoms with E-state index in [0.717, 1.165) is 12.8 Å². The molecular formula is C12H20N2O3. The average Bonchev–Trinajstić information content (AvgIpc) is 2.53. The van der Waals surface area contributed by atoms with Crippen molar-refractivity contribution in [3.05, 3.63) is 0 Å².